The Morgan fingerprint density at radius 2 is 2.03 bits per heavy atom. The van der Waals surface area contributed by atoms with E-state index in [0.29, 0.717) is 42.0 Å². The molecule has 0 spiro atoms. The Labute approximate surface area is 200 Å². The molecule has 34 heavy (non-hydrogen) atoms. The van der Waals surface area contributed by atoms with Crippen LogP contribution in [0.1, 0.15) is 33.8 Å². The Bertz CT molecular complexity index is 1310. The molecule has 3 aromatic heterocycles. The van der Waals surface area contributed by atoms with Gasteiger partial charge in [0.05, 0.1) is 31.3 Å². The molecule has 2 N–H and O–H groups in total. The van der Waals surface area contributed by atoms with E-state index >= 15 is 0 Å². The second-order valence-corrected chi connectivity index (χ2v) is 11.7. The molecule has 4 rings (SSSR count). The lowest BCUT2D eigenvalue weighted by Gasteiger charge is -2.33. The number of anilines is 1. The third-order valence-electron chi connectivity index (χ3n) is 6.04. The fraction of sp³-hybridized carbons (Fsp3) is 0.455. The van der Waals surface area contributed by atoms with Crippen LogP contribution >= 0.6 is 18.9 Å². The lowest BCUT2D eigenvalue weighted by molar-refractivity contribution is 0.0893. The number of carbonyl (C=O) groups is 1. The molecule has 0 bridgehead atoms. The van der Waals surface area contributed by atoms with Crippen molar-refractivity contribution in [1.29, 1.82) is 0 Å². The van der Waals surface area contributed by atoms with Gasteiger partial charge in [0.2, 0.25) is 5.88 Å². The summed E-state index contributed by atoms with van der Waals surface area (Å²) in [6.45, 7) is 3.11. The minimum atomic E-state index is -4.02. The number of pyridine rings is 1. The molecule has 4 heterocycles. The van der Waals surface area contributed by atoms with Crippen molar-refractivity contribution >= 4 is 41.4 Å². The predicted molar refractivity (Wildman–Crippen MR) is 130 cm³/mol. The molecular weight excluding hydrogens is 479 g/mol. The first-order chi connectivity index (χ1) is 16.1. The van der Waals surface area contributed by atoms with Crippen molar-refractivity contribution in [2.24, 2.45) is 5.92 Å². The van der Waals surface area contributed by atoms with E-state index in [2.05, 4.69) is 10.1 Å². The van der Waals surface area contributed by atoms with E-state index in [4.69, 9.17) is 14.5 Å². The first-order valence-electron chi connectivity index (χ1n) is 11.0. The summed E-state index contributed by atoms with van der Waals surface area (Å²) in [6.07, 6.45) is 3.33. The molecule has 10 nitrogen and oxygen atoms in total. The van der Waals surface area contributed by atoms with Crippen molar-refractivity contribution in [3.8, 4) is 5.88 Å². The van der Waals surface area contributed by atoms with E-state index in [1.165, 1.54) is 24.6 Å². The Kier molecular flexibility index (Phi) is 7.18. The van der Waals surface area contributed by atoms with Crippen LogP contribution in [-0.2, 0) is 11.0 Å². The maximum absolute atomic E-state index is 13.4. The summed E-state index contributed by atoms with van der Waals surface area (Å²) in [4.78, 5) is 53.0. The highest BCUT2D eigenvalue weighted by molar-refractivity contribution is 7.51. The second kappa shape index (κ2) is 9.95. The van der Waals surface area contributed by atoms with Crippen LogP contribution in [-0.4, -0.2) is 56.8 Å². The molecule has 12 heteroatoms. The van der Waals surface area contributed by atoms with Gasteiger partial charge in [-0.25, -0.2) is 0 Å². The number of ether oxygens (including phenoxy) is 1. The highest BCUT2D eigenvalue weighted by Crippen LogP contribution is 2.38. The molecule has 0 unspecified atom stereocenters. The average Bonchev–Trinajstić information content (AvgIpc) is 3.21. The van der Waals surface area contributed by atoms with Gasteiger partial charge in [-0.05, 0) is 44.2 Å². The molecule has 0 aliphatic carbocycles. The summed E-state index contributed by atoms with van der Waals surface area (Å²) in [5.41, 5.74) is -0.524. The zero-order chi connectivity index (χ0) is 24.5. The molecule has 0 saturated carbocycles. The molecule has 1 aliphatic rings. The molecule has 1 aliphatic heterocycles. The van der Waals surface area contributed by atoms with Crippen LogP contribution < -0.4 is 15.2 Å². The number of hydrogen-bond acceptors (Lipinski definition) is 8. The summed E-state index contributed by atoms with van der Waals surface area (Å²) < 4.78 is 17.4. The molecule has 1 fully saturated rings. The molecule has 0 amide bonds. The van der Waals surface area contributed by atoms with E-state index in [1.807, 2.05) is 24.0 Å². The maximum Gasteiger partial charge on any atom is 0.325 e. The van der Waals surface area contributed by atoms with Gasteiger partial charge in [0.15, 0.2) is 0 Å². The summed E-state index contributed by atoms with van der Waals surface area (Å²) in [7, 11) is -2.53. The first kappa shape index (κ1) is 24.5. The smallest absolute Gasteiger partial charge is 0.325 e. The molecule has 0 radical (unpaired) electrons. The topological polar surface area (TPSA) is 135 Å². The lowest BCUT2D eigenvalue weighted by atomic mass is 9.94. The highest BCUT2D eigenvalue weighted by atomic mass is 32.1. The third-order valence-corrected chi connectivity index (χ3v) is 7.88. The van der Waals surface area contributed by atoms with Gasteiger partial charge in [-0.2, -0.15) is 14.8 Å². The van der Waals surface area contributed by atoms with Crippen LogP contribution in [0.4, 0.5) is 5.82 Å². The predicted octanol–water partition coefficient (Wildman–Crippen LogP) is 2.84. The van der Waals surface area contributed by atoms with Gasteiger partial charge in [0.1, 0.15) is 5.82 Å². The highest BCUT2D eigenvalue weighted by Gasteiger charge is 2.26. The minimum Gasteiger partial charge on any atom is -0.481 e. The van der Waals surface area contributed by atoms with Crippen molar-refractivity contribution in [3.05, 3.63) is 44.5 Å². The van der Waals surface area contributed by atoms with Crippen LogP contribution in [0.3, 0.4) is 0 Å². The van der Waals surface area contributed by atoms with Gasteiger partial charge in [0, 0.05) is 34.3 Å². The first-order valence-corrected chi connectivity index (χ1v) is 13.6. The second-order valence-electron chi connectivity index (χ2n) is 8.50. The van der Waals surface area contributed by atoms with E-state index in [9.17, 15) is 14.2 Å². The minimum absolute atomic E-state index is 0.0841. The Hall–Kier alpha value is -2.59. The number of hydrogen-bond donors (Lipinski definition) is 2. The van der Waals surface area contributed by atoms with E-state index < -0.39 is 19.1 Å². The van der Waals surface area contributed by atoms with E-state index in [-0.39, 0.29) is 18.5 Å². The average molecular weight is 507 g/mol. The lowest BCUT2D eigenvalue weighted by Crippen LogP contribution is -2.36. The monoisotopic (exact) mass is 506 g/mol. The number of carbonyl (C=O) groups excluding carboxylic acids is 1. The maximum atomic E-state index is 13.4. The van der Waals surface area contributed by atoms with Gasteiger partial charge >= 0.3 is 7.60 Å². The Balaban J connectivity index is 1.63. The molecule has 0 atom stereocenters. The summed E-state index contributed by atoms with van der Waals surface area (Å²) in [6, 6.07) is 5.43. The number of rotatable bonds is 7. The molecule has 1 saturated heterocycles. The molecule has 3 aromatic rings. The van der Waals surface area contributed by atoms with Crippen LogP contribution in [0.2, 0.25) is 0 Å². The third kappa shape index (κ3) is 5.55. The van der Waals surface area contributed by atoms with Crippen molar-refractivity contribution in [2.75, 3.05) is 31.3 Å². The number of fused-ring (bicyclic) bond motifs is 1. The fourth-order valence-corrected chi connectivity index (χ4v) is 5.81. The van der Waals surface area contributed by atoms with E-state index in [0.717, 1.165) is 27.3 Å². The quantitative estimate of drug-likeness (QED) is 0.464. The van der Waals surface area contributed by atoms with Crippen LogP contribution in [0.25, 0.3) is 10.8 Å². The van der Waals surface area contributed by atoms with Gasteiger partial charge in [-0.15, -0.1) is 11.3 Å². The summed E-state index contributed by atoms with van der Waals surface area (Å²) in [5.74, 6) is 0.552. The van der Waals surface area contributed by atoms with Gasteiger partial charge < -0.3 is 19.4 Å². The largest absolute Gasteiger partial charge is 0.481 e. The summed E-state index contributed by atoms with van der Waals surface area (Å²) in [5, 5.41) is 4.95. The number of piperidine rings is 1. The van der Waals surface area contributed by atoms with Crippen LogP contribution in [0.15, 0.2) is 29.2 Å². The number of nitrogens with zero attached hydrogens (tertiary/aromatic N) is 4. The fourth-order valence-electron chi connectivity index (χ4n) is 4.23. The normalized spacial score (nSPS) is 15.1. The molecule has 182 valence electrons. The van der Waals surface area contributed by atoms with Crippen LogP contribution in [0.5, 0.6) is 5.88 Å². The number of thiophene rings is 1. The van der Waals surface area contributed by atoms with Crippen molar-refractivity contribution in [2.45, 2.75) is 32.6 Å². The van der Waals surface area contributed by atoms with Gasteiger partial charge in [-0.3, -0.25) is 14.2 Å². The number of aromatic nitrogens is 3. The molecule has 0 aromatic carbocycles. The van der Waals surface area contributed by atoms with Gasteiger partial charge in [0.25, 0.3) is 11.5 Å². The Morgan fingerprint density at radius 1 is 1.29 bits per heavy atom. The van der Waals surface area contributed by atoms with Crippen molar-refractivity contribution < 1.29 is 23.9 Å². The zero-order valence-electron chi connectivity index (χ0n) is 19.0. The zero-order valence-corrected chi connectivity index (χ0v) is 20.7. The number of aryl methyl sites for hydroxylation is 1. The summed E-state index contributed by atoms with van der Waals surface area (Å²) >= 11 is 1.51. The van der Waals surface area contributed by atoms with Crippen molar-refractivity contribution in [3.63, 3.8) is 0 Å². The standard InChI is InChI=1S/C22H27N4O6PS/c1-14-3-4-17(34-14)12-19(27)26-22(28)20-16(13-23-26)11-18(32-2)24-21(20)25-8-5-15(6-9-25)7-10-33(29,30)31/h3-4,11,13,15H,5-10,12H2,1-2H3,(H2,29,30,31). The van der Waals surface area contributed by atoms with Gasteiger partial charge in [-0.1, -0.05) is 0 Å². The number of methoxy groups -OCH3 is 1. The van der Waals surface area contributed by atoms with Crippen LogP contribution in [0, 0.1) is 12.8 Å². The van der Waals surface area contributed by atoms with Crippen molar-refractivity contribution in [1.82, 2.24) is 14.8 Å². The SMILES string of the molecule is COc1cc2cnn(C(=O)Cc3ccc(C)s3)c(=O)c2c(N2CCC(CCP(=O)(O)O)CC2)n1. The van der Waals surface area contributed by atoms with E-state index in [1.54, 1.807) is 6.07 Å². The Morgan fingerprint density at radius 3 is 2.65 bits per heavy atom. The molecular formula is C22H27N4O6PS.